The number of carbonyl (C=O) groups excluding carboxylic acids is 3. The fourth-order valence-corrected chi connectivity index (χ4v) is 2.66. The Morgan fingerprint density at radius 2 is 2.04 bits per heavy atom. The molecule has 124 valence electrons. The van der Waals surface area contributed by atoms with Crippen molar-refractivity contribution in [1.29, 1.82) is 0 Å². The molecular weight excluding hydrogens is 312 g/mol. The lowest BCUT2D eigenvalue weighted by Crippen LogP contribution is -2.90. The fraction of sp³-hybridized carbons (Fsp3) is 0.235. The van der Waals surface area contributed by atoms with Crippen LogP contribution in [0.2, 0.25) is 0 Å². The van der Waals surface area contributed by atoms with Gasteiger partial charge in [-0.25, -0.2) is 9.69 Å². The van der Waals surface area contributed by atoms with Crippen molar-refractivity contribution in [3.8, 4) is 0 Å². The van der Waals surface area contributed by atoms with Crippen molar-refractivity contribution in [3.05, 3.63) is 54.0 Å². The smallest absolute Gasteiger partial charge is 0.337 e. The number of rotatable bonds is 5. The van der Waals surface area contributed by atoms with Crippen molar-refractivity contribution < 1.29 is 28.9 Å². The maximum atomic E-state index is 12.5. The van der Waals surface area contributed by atoms with Crippen LogP contribution in [0.1, 0.15) is 22.5 Å². The zero-order valence-electron chi connectivity index (χ0n) is 13.1. The van der Waals surface area contributed by atoms with E-state index in [2.05, 4.69) is 4.74 Å². The lowest BCUT2D eigenvalue weighted by Gasteiger charge is -2.14. The molecule has 1 aromatic heterocycles. The highest BCUT2D eigenvalue weighted by molar-refractivity contribution is 6.21. The van der Waals surface area contributed by atoms with Gasteiger partial charge >= 0.3 is 5.97 Å². The number of anilines is 1. The number of furan rings is 1. The summed E-state index contributed by atoms with van der Waals surface area (Å²) in [7, 11) is 1.29. The first-order chi connectivity index (χ1) is 11.6. The highest BCUT2D eigenvalue weighted by Crippen LogP contribution is 2.22. The second kappa shape index (κ2) is 6.67. The van der Waals surface area contributed by atoms with Crippen LogP contribution in [0.4, 0.5) is 5.69 Å². The summed E-state index contributed by atoms with van der Waals surface area (Å²) in [5.74, 6) is -0.245. The molecule has 1 aliphatic rings. The summed E-state index contributed by atoms with van der Waals surface area (Å²) < 4.78 is 9.86. The number of methoxy groups -OCH3 is 1. The molecule has 1 aromatic carbocycles. The highest BCUT2D eigenvalue weighted by atomic mass is 16.5. The van der Waals surface area contributed by atoms with Gasteiger partial charge in [-0.05, 0) is 36.4 Å². The Morgan fingerprint density at radius 3 is 2.67 bits per heavy atom. The molecule has 1 atom stereocenters. The lowest BCUT2D eigenvalue weighted by molar-refractivity contribution is -0.691. The van der Waals surface area contributed by atoms with Crippen LogP contribution in [-0.2, 0) is 20.9 Å². The number of benzene rings is 1. The predicted octanol–water partition coefficient (Wildman–Crippen LogP) is 0.462. The SMILES string of the molecule is COC(=O)c1ccc(N2C(=O)C[C@@H]([NH2+]Cc3ccco3)C2=O)cc1. The van der Waals surface area contributed by atoms with Gasteiger partial charge in [-0.1, -0.05) is 0 Å². The minimum absolute atomic E-state index is 0.137. The second-order valence-corrected chi connectivity index (χ2v) is 5.44. The summed E-state index contributed by atoms with van der Waals surface area (Å²) in [5, 5.41) is 1.79. The van der Waals surface area contributed by atoms with Gasteiger partial charge in [0.1, 0.15) is 6.54 Å². The van der Waals surface area contributed by atoms with Crippen molar-refractivity contribution in [2.75, 3.05) is 12.0 Å². The van der Waals surface area contributed by atoms with Gasteiger partial charge in [0.25, 0.3) is 5.91 Å². The molecule has 7 heteroatoms. The zero-order chi connectivity index (χ0) is 17.1. The average molecular weight is 329 g/mol. The average Bonchev–Trinajstić information content (AvgIpc) is 3.20. The van der Waals surface area contributed by atoms with Crippen LogP contribution in [0.3, 0.4) is 0 Å². The van der Waals surface area contributed by atoms with E-state index in [1.807, 2.05) is 6.07 Å². The molecule has 24 heavy (non-hydrogen) atoms. The number of quaternary nitrogens is 1. The summed E-state index contributed by atoms with van der Waals surface area (Å²) in [6.07, 6.45) is 1.71. The van der Waals surface area contributed by atoms with Gasteiger partial charge in [0.2, 0.25) is 5.91 Å². The van der Waals surface area contributed by atoms with Crippen molar-refractivity contribution in [3.63, 3.8) is 0 Å². The Bertz CT molecular complexity index is 752. The fourth-order valence-electron chi connectivity index (χ4n) is 2.66. The van der Waals surface area contributed by atoms with E-state index < -0.39 is 12.0 Å². The van der Waals surface area contributed by atoms with Gasteiger partial charge in [0.05, 0.1) is 31.0 Å². The largest absolute Gasteiger partial charge is 0.465 e. The number of amides is 2. The van der Waals surface area contributed by atoms with Crippen LogP contribution in [-0.4, -0.2) is 30.9 Å². The van der Waals surface area contributed by atoms with E-state index in [0.29, 0.717) is 17.8 Å². The van der Waals surface area contributed by atoms with E-state index in [9.17, 15) is 14.4 Å². The van der Waals surface area contributed by atoms with Gasteiger partial charge in [-0.3, -0.25) is 9.59 Å². The predicted molar refractivity (Wildman–Crippen MR) is 83.0 cm³/mol. The first kappa shape index (κ1) is 15.9. The summed E-state index contributed by atoms with van der Waals surface area (Å²) in [6, 6.07) is 9.32. The maximum absolute atomic E-state index is 12.5. The monoisotopic (exact) mass is 329 g/mol. The van der Waals surface area contributed by atoms with Crippen molar-refractivity contribution in [2.45, 2.75) is 19.0 Å². The second-order valence-electron chi connectivity index (χ2n) is 5.44. The van der Waals surface area contributed by atoms with Crippen LogP contribution in [0.15, 0.2) is 47.1 Å². The standard InChI is InChI=1S/C17H16N2O5/c1-23-17(22)11-4-6-12(7-5-11)19-15(20)9-14(16(19)21)18-10-13-3-2-8-24-13/h2-8,14,18H,9-10H2,1H3/p+1/t14-/m1/s1. The molecular formula is C17H17N2O5+. The van der Waals surface area contributed by atoms with Crippen molar-refractivity contribution >= 4 is 23.5 Å². The zero-order valence-corrected chi connectivity index (χ0v) is 13.1. The Hall–Kier alpha value is -2.93. The van der Waals surface area contributed by atoms with Crippen LogP contribution in [0.25, 0.3) is 0 Å². The highest BCUT2D eigenvalue weighted by Gasteiger charge is 2.42. The quantitative estimate of drug-likeness (QED) is 0.635. The molecule has 2 amide bonds. The van der Waals surface area contributed by atoms with Crippen LogP contribution in [0.5, 0.6) is 0 Å². The molecule has 2 heterocycles. The minimum Gasteiger partial charge on any atom is -0.465 e. The van der Waals surface area contributed by atoms with Crippen LogP contribution >= 0.6 is 0 Å². The molecule has 1 aliphatic heterocycles. The van der Waals surface area contributed by atoms with Gasteiger partial charge in [-0.2, -0.15) is 0 Å². The van der Waals surface area contributed by atoms with E-state index in [-0.39, 0.29) is 18.2 Å². The Morgan fingerprint density at radius 1 is 1.29 bits per heavy atom. The van der Waals surface area contributed by atoms with Gasteiger partial charge in [0, 0.05) is 0 Å². The first-order valence-electron chi connectivity index (χ1n) is 7.51. The number of nitrogens with two attached hydrogens (primary N) is 1. The number of imide groups is 1. The van der Waals surface area contributed by atoms with E-state index in [0.717, 1.165) is 10.7 Å². The lowest BCUT2D eigenvalue weighted by atomic mass is 10.2. The Kier molecular flexibility index (Phi) is 4.43. The van der Waals surface area contributed by atoms with E-state index in [1.165, 1.54) is 19.2 Å². The first-order valence-corrected chi connectivity index (χ1v) is 7.51. The molecule has 0 bridgehead atoms. The Labute approximate surface area is 138 Å². The van der Waals surface area contributed by atoms with Crippen LogP contribution in [0, 0.1) is 0 Å². The molecule has 0 aliphatic carbocycles. The molecule has 0 spiro atoms. The number of carbonyl (C=O) groups is 3. The van der Waals surface area contributed by atoms with Crippen molar-refractivity contribution in [1.82, 2.24) is 0 Å². The summed E-state index contributed by atoms with van der Waals surface area (Å²) in [5.41, 5.74) is 0.813. The number of nitrogens with zero attached hydrogens (tertiary/aromatic N) is 1. The molecule has 0 saturated carbocycles. The molecule has 7 nitrogen and oxygen atoms in total. The number of hydrogen-bond acceptors (Lipinski definition) is 5. The van der Waals surface area contributed by atoms with E-state index in [1.54, 1.807) is 29.8 Å². The number of hydrogen-bond donors (Lipinski definition) is 1. The molecule has 1 saturated heterocycles. The van der Waals surface area contributed by atoms with Gasteiger partial charge < -0.3 is 14.5 Å². The van der Waals surface area contributed by atoms with Gasteiger partial charge in [-0.15, -0.1) is 0 Å². The van der Waals surface area contributed by atoms with Gasteiger partial charge in [0.15, 0.2) is 11.8 Å². The minimum atomic E-state index is -0.470. The summed E-state index contributed by atoms with van der Waals surface area (Å²) in [4.78, 5) is 37.3. The maximum Gasteiger partial charge on any atom is 0.337 e. The van der Waals surface area contributed by atoms with Crippen molar-refractivity contribution in [2.24, 2.45) is 0 Å². The normalized spacial score (nSPS) is 17.4. The summed E-state index contributed by atoms with van der Waals surface area (Å²) in [6.45, 7) is 0.492. The van der Waals surface area contributed by atoms with E-state index in [4.69, 9.17) is 4.42 Å². The molecule has 0 unspecified atom stereocenters. The number of ether oxygens (including phenoxy) is 1. The molecule has 3 rings (SSSR count). The number of esters is 1. The molecule has 1 fully saturated rings. The third kappa shape index (κ3) is 3.07. The van der Waals surface area contributed by atoms with Crippen LogP contribution < -0.4 is 10.2 Å². The molecule has 0 radical (unpaired) electrons. The topological polar surface area (TPSA) is 93.4 Å². The van der Waals surface area contributed by atoms with E-state index >= 15 is 0 Å². The Balaban J connectivity index is 1.70. The summed E-state index contributed by atoms with van der Waals surface area (Å²) >= 11 is 0. The third-order valence-electron chi connectivity index (χ3n) is 3.91. The molecule has 2 N–H and O–H groups in total. The molecule has 2 aromatic rings. The third-order valence-corrected chi connectivity index (χ3v) is 3.91.